The van der Waals surface area contributed by atoms with Crippen molar-refractivity contribution < 1.29 is 4.74 Å². The Morgan fingerprint density at radius 1 is 1.05 bits per heavy atom. The van der Waals surface area contributed by atoms with E-state index in [1.807, 2.05) is 7.11 Å². The molecule has 0 amide bonds. The summed E-state index contributed by atoms with van der Waals surface area (Å²) in [5.74, 6) is 1.12. The first-order valence-electron chi connectivity index (χ1n) is 7.59. The molecule has 0 spiro atoms. The van der Waals surface area contributed by atoms with E-state index in [0.29, 0.717) is 5.54 Å². The van der Waals surface area contributed by atoms with Gasteiger partial charge in [-0.15, -0.1) is 0 Å². The van der Waals surface area contributed by atoms with Crippen molar-refractivity contribution in [2.45, 2.75) is 45.3 Å². The Hall–Kier alpha value is -1.28. The second-order valence-corrected chi connectivity index (χ2v) is 10.8. The Labute approximate surface area is 124 Å². The average molecular weight is 286 g/mol. The van der Waals surface area contributed by atoms with Crippen LogP contribution in [0.25, 0.3) is 0 Å². The van der Waals surface area contributed by atoms with Crippen molar-refractivity contribution in [3.05, 3.63) is 47.6 Å². The summed E-state index contributed by atoms with van der Waals surface area (Å²) in [5, 5.41) is 1.50. The van der Waals surface area contributed by atoms with Gasteiger partial charge >= 0.3 is 0 Å². The molecule has 0 fully saturated rings. The molecule has 0 atom stereocenters. The Bertz CT molecular complexity index is 527. The van der Waals surface area contributed by atoms with E-state index in [2.05, 4.69) is 64.1 Å². The second-order valence-electron chi connectivity index (χ2n) is 5.82. The summed E-state index contributed by atoms with van der Waals surface area (Å²) < 4.78 is 5.79. The molecule has 1 aliphatic carbocycles. The van der Waals surface area contributed by atoms with Gasteiger partial charge in [-0.1, -0.05) is 67.9 Å². The van der Waals surface area contributed by atoms with Crippen LogP contribution in [0.4, 0.5) is 0 Å². The number of benzene rings is 1. The smallest absolute Gasteiger partial charge is 0.121 e. The summed E-state index contributed by atoms with van der Waals surface area (Å²) in [6.07, 6.45) is 9.17. The molecule has 1 aromatic carbocycles. The molecule has 1 aromatic rings. The maximum atomic E-state index is 5.79. The van der Waals surface area contributed by atoms with Crippen LogP contribution in [0.5, 0.6) is 5.75 Å². The molecule has 0 radical (unpaired) electrons. The molecule has 0 bridgehead atoms. The van der Waals surface area contributed by atoms with Crippen molar-refractivity contribution in [2.75, 3.05) is 7.11 Å². The van der Waals surface area contributed by atoms with E-state index in [4.69, 9.17) is 4.74 Å². The standard InChI is InChI=1S/C18H26OSi/c1-6-20(7-2,16-10-8-9-11-16)17-13-14(3)12-15(4)18(17)19-5/h8-13,16H,6-7H2,1-5H3. The molecule has 0 aliphatic heterocycles. The van der Waals surface area contributed by atoms with E-state index < -0.39 is 8.07 Å². The van der Waals surface area contributed by atoms with E-state index in [1.54, 1.807) is 0 Å². The minimum absolute atomic E-state index is 0.604. The summed E-state index contributed by atoms with van der Waals surface area (Å²) in [7, 11) is 0.198. The van der Waals surface area contributed by atoms with Gasteiger partial charge in [0.25, 0.3) is 0 Å². The van der Waals surface area contributed by atoms with Gasteiger partial charge in [0.1, 0.15) is 13.8 Å². The summed E-state index contributed by atoms with van der Waals surface area (Å²) >= 11 is 0. The van der Waals surface area contributed by atoms with Crippen molar-refractivity contribution in [3.8, 4) is 5.75 Å². The van der Waals surface area contributed by atoms with Crippen LogP contribution >= 0.6 is 0 Å². The molecule has 2 heteroatoms. The third-order valence-electron chi connectivity index (χ3n) is 4.81. The van der Waals surface area contributed by atoms with E-state index in [-0.39, 0.29) is 0 Å². The van der Waals surface area contributed by atoms with Gasteiger partial charge in [-0.25, -0.2) is 0 Å². The van der Waals surface area contributed by atoms with Crippen LogP contribution in [0.2, 0.25) is 17.6 Å². The van der Waals surface area contributed by atoms with E-state index in [1.165, 1.54) is 28.4 Å². The van der Waals surface area contributed by atoms with Crippen molar-refractivity contribution in [1.29, 1.82) is 0 Å². The van der Waals surface area contributed by atoms with E-state index >= 15 is 0 Å². The number of hydrogen-bond donors (Lipinski definition) is 0. The van der Waals surface area contributed by atoms with Gasteiger partial charge in [-0.2, -0.15) is 0 Å². The third-order valence-corrected chi connectivity index (χ3v) is 10.4. The summed E-state index contributed by atoms with van der Waals surface area (Å²) in [4.78, 5) is 0. The molecule has 0 N–H and O–H groups in total. The zero-order valence-electron chi connectivity index (χ0n) is 13.4. The zero-order valence-corrected chi connectivity index (χ0v) is 14.4. The van der Waals surface area contributed by atoms with Gasteiger partial charge < -0.3 is 4.74 Å². The first-order valence-corrected chi connectivity index (χ1v) is 10.1. The van der Waals surface area contributed by atoms with Crippen LogP contribution in [0.1, 0.15) is 25.0 Å². The van der Waals surface area contributed by atoms with Crippen molar-refractivity contribution in [3.63, 3.8) is 0 Å². The normalized spacial score (nSPS) is 15.1. The van der Waals surface area contributed by atoms with Crippen LogP contribution < -0.4 is 9.92 Å². The monoisotopic (exact) mass is 286 g/mol. The van der Waals surface area contributed by atoms with Crippen LogP contribution in [0.3, 0.4) is 0 Å². The highest BCUT2D eigenvalue weighted by molar-refractivity contribution is 6.94. The number of methoxy groups -OCH3 is 1. The predicted octanol–water partition coefficient (Wildman–Crippen LogP) is 4.50. The summed E-state index contributed by atoms with van der Waals surface area (Å²) in [6.45, 7) is 9.07. The topological polar surface area (TPSA) is 9.23 Å². The highest BCUT2D eigenvalue weighted by atomic mass is 28.3. The van der Waals surface area contributed by atoms with Gasteiger partial charge in [0.2, 0.25) is 0 Å². The van der Waals surface area contributed by atoms with Crippen LogP contribution in [0, 0.1) is 13.8 Å². The maximum Gasteiger partial charge on any atom is 0.121 e. The lowest BCUT2D eigenvalue weighted by molar-refractivity contribution is 0.414. The third kappa shape index (κ3) is 2.37. The number of allylic oxidation sites excluding steroid dienone is 4. The molecule has 20 heavy (non-hydrogen) atoms. The van der Waals surface area contributed by atoms with Gasteiger partial charge in [-0.05, 0) is 30.1 Å². The maximum absolute atomic E-state index is 5.79. The number of hydrogen-bond acceptors (Lipinski definition) is 1. The highest BCUT2D eigenvalue weighted by Crippen LogP contribution is 2.37. The Morgan fingerprint density at radius 2 is 1.65 bits per heavy atom. The number of rotatable bonds is 5. The van der Waals surface area contributed by atoms with Gasteiger partial charge in [0.15, 0.2) is 0 Å². The van der Waals surface area contributed by atoms with Crippen LogP contribution in [-0.4, -0.2) is 15.2 Å². The minimum atomic E-state index is -1.61. The second kappa shape index (κ2) is 6.00. The van der Waals surface area contributed by atoms with Gasteiger partial charge in [-0.3, -0.25) is 0 Å². The average Bonchev–Trinajstić information content (AvgIpc) is 2.95. The fourth-order valence-corrected chi connectivity index (χ4v) is 8.47. The lowest BCUT2D eigenvalue weighted by Gasteiger charge is -2.36. The fourth-order valence-electron chi connectivity index (χ4n) is 3.68. The summed E-state index contributed by atoms with van der Waals surface area (Å²) in [6, 6.07) is 7.11. The van der Waals surface area contributed by atoms with Crippen molar-refractivity contribution in [1.82, 2.24) is 0 Å². The molecule has 108 valence electrons. The molecule has 0 heterocycles. The Morgan fingerprint density at radius 3 is 2.15 bits per heavy atom. The molecular weight excluding hydrogens is 260 g/mol. The summed E-state index contributed by atoms with van der Waals surface area (Å²) in [5.41, 5.74) is 3.22. The van der Waals surface area contributed by atoms with Crippen LogP contribution in [0.15, 0.2) is 36.4 Å². The van der Waals surface area contributed by atoms with Gasteiger partial charge in [0, 0.05) is 0 Å². The minimum Gasteiger partial charge on any atom is -0.497 e. The Balaban J connectivity index is 2.65. The molecule has 2 rings (SSSR count). The molecule has 1 nitrogen and oxygen atoms in total. The van der Waals surface area contributed by atoms with Gasteiger partial charge in [0.05, 0.1) is 7.11 Å². The first kappa shape index (κ1) is 15.1. The molecule has 0 saturated carbocycles. The molecule has 0 aromatic heterocycles. The molecular formula is C18H26OSi. The molecule has 0 unspecified atom stereocenters. The Kier molecular flexibility index (Phi) is 4.54. The quantitative estimate of drug-likeness (QED) is 0.724. The lowest BCUT2D eigenvalue weighted by atomic mass is 10.1. The SMILES string of the molecule is CC[Si](CC)(c1cc(C)cc(C)c1OC)C1C=CC=C1. The van der Waals surface area contributed by atoms with E-state index in [9.17, 15) is 0 Å². The molecule has 0 saturated heterocycles. The number of ether oxygens (including phenoxy) is 1. The van der Waals surface area contributed by atoms with E-state index in [0.717, 1.165) is 5.75 Å². The zero-order chi connectivity index (χ0) is 14.8. The molecule has 1 aliphatic rings. The van der Waals surface area contributed by atoms with Crippen LogP contribution in [-0.2, 0) is 0 Å². The lowest BCUT2D eigenvalue weighted by Crippen LogP contribution is -2.50. The highest BCUT2D eigenvalue weighted by Gasteiger charge is 2.40. The first-order chi connectivity index (χ1) is 9.58. The number of aryl methyl sites for hydroxylation is 2. The van der Waals surface area contributed by atoms with Crippen molar-refractivity contribution >= 4 is 13.3 Å². The predicted molar refractivity (Wildman–Crippen MR) is 90.8 cm³/mol. The van der Waals surface area contributed by atoms with Crippen molar-refractivity contribution in [2.24, 2.45) is 0 Å². The fraction of sp³-hybridized carbons (Fsp3) is 0.444. The largest absolute Gasteiger partial charge is 0.497 e.